The van der Waals surface area contributed by atoms with Crippen molar-refractivity contribution in [2.75, 3.05) is 65.5 Å². The molecule has 1 saturated carbocycles. The van der Waals surface area contributed by atoms with Crippen LogP contribution in [0.5, 0.6) is 5.75 Å². The van der Waals surface area contributed by atoms with Gasteiger partial charge in [0.2, 0.25) is 0 Å². The predicted octanol–water partition coefficient (Wildman–Crippen LogP) is 1.29. The summed E-state index contributed by atoms with van der Waals surface area (Å²) in [4.78, 5) is 69.0. The molecule has 3 saturated heterocycles. The summed E-state index contributed by atoms with van der Waals surface area (Å²) in [6.45, 7) is 7.22. The molecule has 13 atom stereocenters. The summed E-state index contributed by atoms with van der Waals surface area (Å²) in [6.07, 6.45) is 3.12. The minimum atomic E-state index is -2.59. The van der Waals surface area contributed by atoms with Crippen LogP contribution in [0.3, 0.4) is 0 Å². The number of carbonyl (C=O) groups excluding carboxylic acids is 2. The number of aryl methyl sites for hydroxylation is 1. The van der Waals surface area contributed by atoms with E-state index >= 15 is 9.59 Å². The van der Waals surface area contributed by atoms with E-state index in [1.54, 1.807) is 14.2 Å². The number of carbonyl (C=O) groups is 2. The van der Waals surface area contributed by atoms with E-state index in [1.165, 1.54) is 20.2 Å². The number of esters is 1. The number of likely N-dealkylation sites (N-methyl/N-ethyl adjacent to an activating group) is 1. The highest BCUT2D eigenvalue weighted by Crippen LogP contribution is 2.67. The number of nitrogens with zero attached hydrogens (tertiary/aromatic N) is 5. The highest BCUT2D eigenvalue weighted by molar-refractivity contribution is 5.95. The second-order valence-corrected chi connectivity index (χ2v) is 22.1. The zero-order valence-corrected chi connectivity index (χ0v) is 42.5. The van der Waals surface area contributed by atoms with Crippen molar-refractivity contribution in [3.05, 3.63) is 104 Å². The van der Waals surface area contributed by atoms with Crippen molar-refractivity contribution in [2.45, 2.75) is 131 Å². The van der Waals surface area contributed by atoms with Crippen LogP contribution in [-0.2, 0) is 43.0 Å². The zero-order valence-electron chi connectivity index (χ0n) is 42.5. The Morgan fingerprint density at radius 2 is 1.79 bits per heavy atom. The number of aliphatic hydroxyl groups is 5. The fourth-order valence-electron chi connectivity index (χ4n) is 15.5. The molecule has 6 aliphatic heterocycles. The summed E-state index contributed by atoms with van der Waals surface area (Å²) in [5.41, 5.74) is -4.33. The number of para-hydroxylation sites is 1. The molecule has 1 spiro atoms. The third-order valence-electron chi connectivity index (χ3n) is 18.7. The Kier molecular flexibility index (Phi) is 12.0. The molecule has 0 radical (unpaired) electrons. The Hall–Kier alpha value is -5.38. The number of benzene rings is 2. The first-order valence-electron chi connectivity index (χ1n) is 25.9. The smallest absolute Gasteiger partial charge is 0.334 e. The van der Waals surface area contributed by atoms with Crippen LogP contribution in [0.25, 0.3) is 10.9 Å². The first-order chi connectivity index (χ1) is 34.9. The van der Waals surface area contributed by atoms with E-state index in [0.29, 0.717) is 87.5 Å². The van der Waals surface area contributed by atoms with E-state index in [-0.39, 0.29) is 24.3 Å². The lowest BCUT2D eigenvalue weighted by Gasteiger charge is -2.63. The number of nitrogens with one attached hydrogen (secondary N) is 2. The number of methoxy groups -OCH3 is 2. The molecule has 392 valence electrons. The molecule has 19 nitrogen and oxygen atoms in total. The Morgan fingerprint density at radius 1 is 1.01 bits per heavy atom. The van der Waals surface area contributed by atoms with Gasteiger partial charge in [-0.15, -0.1) is 0 Å². The molecule has 2 aromatic heterocycles. The van der Waals surface area contributed by atoms with Gasteiger partial charge in [0.1, 0.15) is 36.3 Å². The van der Waals surface area contributed by atoms with Gasteiger partial charge in [0.15, 0.2) is 5.60 Å². The molecule has 19 heteroatoms. The van der Waals surface area contributed by atoms with E-state index in [1.807, 2.05) is 61.2 Å². The number of fused-ring (bicyclic) bond motifs is 6. The van der Waals surface area contributed by atoms with E-state index in [9.17, 15) is 35.1 Å². The van der Waals surface area contributed by atoms with Crippen LogP contribution in [0.2, 0.25) is 0 Å². The average Bonchev–Trinajstić information content (AvgIpc) is 4.15. The number of piperidine rings is 1. The third kappa shape index (κ3) is 6.84. The summed E-state index contributed by atoms with van der Waals surface area (Å²) in [5.74, 6) is -1.29. The number of aromatic amines is 1. The van der Waals surface area contributed by atoms with Gasteiger partial charge in [0, 0.05) is 102 Å². The van der Waals surface area contributed by atoms with Gasteiger partial charge in [-0.3, -0.25) is 28.8 Å². The molecule has 11 rings (SSSR count). The summed E-state index contributed by atoms with van der Waals surface area (Å²) in [5, 5.41) is 62.8. The van der Waals surface area contributed by atoms with Gasteiger partial charge in [-0.25, -0.2) is 9.36 Å². The number of rotatable bonds is 10. The number of anilines is 1. The molecule has 1 amide bonds. The van der Waals surface area contributed by atoms with E-state index in [2.05, 4.69) is 26.2 Å². The van der Waals surface area contributed by atoms with E-state index in [0.717, 1.165) is 31.2 Å². The van der Waals surface area contributed by atoms with E-state index < -0.39 is 100 Å². The van der Waals surface area contributed by atoms with Crippen LogP contribution in [0.15, 0.2) is 64.3 Å². The lowest BCUT2D eigenvalue weighted by molar-refractivity contribution is -0.203. The first-order valence-corrected chi connectivity index (χ1v) is 25.9. The van der Waals surface area contributed by atoms with E-state index in [4.69, 9.17) is 14.2 Å². The van der Waals surface area contributed by atoms with Crippen molar-refractivity contribution < 1.29 is 49.3 Å². The van der Waals surface area contributed by atoms with Crippen molar-refractivity contribution in [1.82, 2.24) is 29.2 Å². The fraction of sp³-hybridized carbons (Fsp3) is 0.593. The van der Waals surface area contributed by atoms with Gasteiger partial charge in [-0.1, -0.05) is 44.2 Å². The average molecular weight is 1010 g/mol. The molecule has 7 aliphatic rings. The molecule has 4 fully saturated rings. The topological polar surface area (TPSA) is 245 Å². The summed E-state index contributed by atoms with van der Waals surface area (Å²) in [6, 6.07) is 10.4. The summed E-state index contributed by atoms with van der Waals surface area (Å²) < 4.78 is 20.1. The standard InChI is InChI=1S/C54H69N7O12/c1-7-50(69)23-31-24-53(48(67)72-6,42-33(14-18-58(26-31)28-50)32-12-9-10-13-36(32)56-42)35-20-34-37(21-39(35)71-5)57(4)45-52(34)16-19-59-17-11-15-51(8-2,44(52)59)46(65)54(45,70)47(66)55-29-61-43(64)30(3)25-60(49(61)68)41-22-38(63)40(27-62)73-41/h9-13,15,20-21,25,31,38,40-41,44-46,56,62-63,65,69-70H,7-8,14,16-19,22-24,26-29H2,1-6H3,(H,55,66)/t31?,38?,40-,41-,44+,45-,46-,50+,51-,52?,53+,54+/m1/s1. The molecule has 7 N–H and O–H groups in total. The van der Waals surface area contributed by atoms with Gasteiger partial charge in [0.25, 0.3) is 11.5 Å². The van der Waals surface area contributed by atoms with Gasteiger partial charge >= 0.3 is 11.7 Å². The fourth-order valence-corrected chi connectivity index (χ4v) is 15.5. The van der Waals surface area contributed by atoms with Gasteiger partial charge < -0.3 is 54.9 Å². The Bertz CT molecular complexity index is 3040. The lowest BCUT2D eigenvalue weighted by atomic mass is 9.47. The summed E-state index contributed by atoms with van der Waals surface area (Å²) in [7, 11) is 4.74. The van der Waals surface area contributed by atoms with Crippen LogP contribution in [0.1, 0.15) is 86.5 Å². The number of aromatic nitrogens is 3. The second kappa shape index (κ2) is 17.6. The minimum absolute atomic E-state index is 0.0277. The van der Waals surface area contributed by atoms with Crippen LogP contribution in [0, 0.1) is 18.3 Å². The Labute approximate surface area is 422 Å². The van der Waals surface area contributed by atoms with Crippen molar-refractivity contribution in [3.63, 3.8) is 0 Å². The predicted molar refractivity (Wildman–Crippen MR) is 268 cm³/mol. The SMILES string of the molecule is CC[C@]1(O)CC2CN(CCc3c([nH]c4ccccc34)[C@@](C(=O)OC)(c3cc4c(cc3OC)N(C)[C@@H]3C45CCN4CC=C[C@](CC)([C@H]45)[C@@H](O)[C@]3(O)C(=O)NCn3c(=O)c(C)cn([C@H]4CC(O)[C@@H](CO)O4)c3=O)C2)C1. The monoisotopic (exact) mass is 1010 g/mol. The number of amides is 1. The molecule has 8 heterocycles. The van der Waals surface area contributed by atoms with Gasteiger partial charge in [0.05, 0.1) is 38.6 Å². The summed E-state index contributed by atoms with van der Waals surface area (Å²) >= 11 is 0. The highest BCUT2D eigenvalue weighted by Gasteiger charge is 2.78. The quantitative estimate of drug-likeness (QED) is 0.0875. The molecule has 73 heavy (non-hydrogen) atoms. The molecule has 2 aromatic carbocycles. The second-order valence-electron chi connectivity index (χ2n) is 22.1. The maximum Gasteiger partial charge on any atom is 0.334 e. The molecular formula is C54H69N7O12. The third-order valence-corrected chi connectivity index (χ3v) is 18.7. The van der Waals surface area contributed by atoms with Crippen molar-refractivity contribution in [3.8, 4) is 5.75 Å². The van der Waals surface area contributed by atoms with Crippen LogP contribution >= 0.6 is 0 Å². The van der Waals surface area contributed by atoms with Crippen molar-refractivity contribution >= 4 is 28.5 Å². The Balaban J connectivity index is 1.09. The van der Waals surface area contributed by atoms with Gasteiger partial charge in [-0.05, 0) is 81.2 Å². The molecule has 4 aromatic rings. The number of aliphatic hydroxyl groups excluding tert-OH is 3. The zero-order chi connectivity index (χ0) is 51.7. The Morgan fingerprint density at radius 3 is 2.51 bits per heavy atom. The van der Waals surface area contributed by atoms with Gasteiger partial charge in [-0.2, -0.15) is 0 Å². The van der Waals surface area contributed by atoms with Crippen LogP contribution in [0.4, 0.5) is 5.69 Å². The largest absolute Gasteiger partial charge is 0.496 e. The number of hydrogen-bond acceptors (Lipinski definition) is 15. The number of hydrogen-bond donors (Lipinski definition) is 7. The van der Waals surface area contributed by atoms with Crippen LogP contribution in [-0.4, -0.2) is 164 Å². The number of H-pyrrole nitrogens is 1. The normalized spacial score (nSPS) is 36.4. The first kappa shape index (κ1) is 49.8. The molecule has 1 aliphatic carbocycles. The molecule has 4 unspecified atom stereocenters. The highest BCUT2D eigenvalue weighted by atomic mass is 16.5. The van der Waals surface area contributed by atoms with Crippen LogP contribution < -0.4 is 26.2 Å². The number of ether oxygens (including phenoxy) is 3. The maximum atomic E-state index is 15.5. The van der Waals surface area contributed by atoms with Crippen molar-refractivity contribution in [2.24, 2.45) is 11.3 Å². The lowest BCUT2D eigenvalue weighted by Crippen LogP contribution is -2.81. The molecular weight excluding hydrogens is 939 g/mol. The van der Waals surface area contributed by atoms with Crippen molar-refractivity contribution in [1.29, 1.82) is 0 Å². The molecule has 2 bridgehead atoms. The minimum Gasteiger partial charge on any atom is -0.496 e. The maximum absolute atomic E-state index is 15.5.